The van der Waals surface area contributed by atoms with Gasteiger partial charge in [-0.1, -0.05) is 26.0 Å². The van der Waals surface area contributed by atoms with E-state index in [1.54, 1.807) is 6.07 Å². The maximum atomic E-state index is 13.7. The molecule has 0 bridgehead atoms. The Labute approximate surface area is 106 Å². The molecule has 0 atom stereocenters. The lowest BCUT2D eigenvalue weighted by molar-refractivity contribution is -0.131. The van der Waals surface area contributed by atoms with Gasteiger partial charge in [0.15, 0.2) is 11.6 Å². The first-order chi connectivity index (χ1) is 8.58. The van der Waals surface area contributed by atoms with Crippen molar-refractivity contribution in [2.24, 2.45) is 0 Å². The highest BCUT2D eigenvalue weighted by Gasteiger charge is 2.12. The number of hydrogen-bond donors (Lipinski definition) is 1. The Morgan fingerprint density at radius 2 is 2.11 bits per heavy atom. The second-order valence-corrected chi connectivity index (χ2v) is 3.89. The third kappa shape index (κ3) is 3.87. The fourth-order valence-corrected chi connectivity index (χ4v) is 1.56. The zero-order valence-corrected chi connectivity index (χ0v) is 10.5. The van der Waals surface area contributed by atoms with Crippen molar-refractivity contribution in [3.05, 3.63) is 35.7 Å². The summed E-state index contributed by atoms with van der Waals surface area (Å²) in [5.74, 6) is -1.44. The molecule has 98 valence electrons. The van der Waals surface area contributed by atoms with Gasteiger partial charge in [0, 0.05) is 11.6 Å². The van der Waals surface area contributed by atoms with Gasteiger partial charge in [-0.3, -0.25) is 0 Å². The molecule has 0 aromatic heterocycles. The zero-order chi connectivity index (χ0) is 13.5. The Kier molecular flexibility index (Phi) is 5.36. The van der Waals surface area contributed by atoms with Crippen LogP contribution in [-0.2, 0) is 4.79 Å². The molecule has 1 aromatic rings. The molecule has 0 radical (unpaired) electrons. The van der Waals surface area contributed by atoms with E-state index in [0.29, 0.717) is 5.56 Å². The molecule has 0 saturated heterocycles. The maximum Gasteiger partial charge on any atom is 0.328 e. The van der Waals surface area contributed by atoms with E-state index in [9.17, 15) is 9.18 Å². The van der Waals surface area contributed by atoms with Crippen molar-refractivity contribution in [2.75, 3.05) is 0 Å². The lowest BCUT2D eigenvalue weighted by Gasteiger charge is -2.17. The average Bonchev–Trinajstić information content (AvgIpc) is 2.35. The van der Waals surface area contributed by atoms with Gasteiger partial charge in [-0.25, -0.2) is 9.18 Å². The Morgan fingerprint density at radius 3 is 2.67 bits per heavy atom. The van der Waals surface area contributed by atoms with Gasteiger partial charge in [0.2, 0.25) is 0 Å². The zero-order valence-electron chi connectivity index (χ0n) is 10.5. The average molecular weight is 252 g/mol. The molecule has 0 saturated carbocycles. The molecule has 0 aliphatic rings. The molecule has 0 fully saturated rings. The summed E-state index contributed by atoms with van der Waals surface area (Å²) >= 11 is 0. The van der Waals surface area contributed by atoms with Crippen LogP contribution < -0.4 is 4.74 Å². The summed E-state index contributed by atoms with van der Waals surface area (Å²) in [4.78, 5) is 10.5. The van der Waals surface area contributed by atoms with E-state index in [1.165, 1.54) is 18.2 Å². The molecule has 1 N–H and O–H groups in total. The van der Waals surface area contributed by atoms with E-state index in [1.807, 2.05) is 13.8 Å². The largest absolute Gasteiger partial charge is 0.487 e. The van der Waals surface area contributed by atoms with Gasteiger partial charge in [0.05, 0.1) is 6.10 Å². The number of carboxylic acid groups (broad SMARTS) is 1. The van der Waals surface area contributed by atoms with Crippen LogP contribution in [0.4, 0.5) is 4.39 Å². The third-order valence-corrected chi connectivity index (χ3v) is 2.60. The highest BCUT2D eigenvalue weighted by molar-refractivity contribution is 5.85. The molecule has 0 heterocycles. The second-order valence-electron chi connectivity index (χ2n) is 3.89. The van der Waals surface area contributed by atoms with E-state index in [4.69, 9.17) is 9.84 Å². The summed E-state index contributed by atoms with van der Waals surface area (Å²) in [7, 11) is 0. The second kappa shape index (κ2) is 6.79. The van der Waals surface area contributed by atoms with Crippen LogP contribution in [0.15, 0.2) is 24.3 Å². The van der Waals surface area contributed by atoms with Gasteiger partial charge in [-0.05, 0) is 25.0 Å². The van der Waals surface area contributed by atoms with Gasteiger partial charge >= 0.3 is 5.97 Å². The van der Waals surface area contributed by atoms with Crippen LogP contribution in [0.3, 0.4) is 0 Å². The lowest BCUT2D eigenvalue weighted by atomic mass is 10.1. The fourth-order valence-electron chi connectivity index (χ4n) is 1.56. The van der Waals surface area contributed by atoms with Crippen molar-refractivity contribution in [1.82, 2.24) is 0 Å². The number of halogens is 1. The highest BCUT2D eigenvalue weighted by atomic mass is 19.1. The molecule has 18 heavy (non-hydrogen) atoms. The Morgan fingerprint density at radius 1 is 1.44 bits per heavy atom. The van der Waals surface area contributed by atoms with E-state index in [2.05, 4.69) is 0 Å². The van der Waals surface area contributed by atoms with Crippen molar-refractivity contribution in [1.29, 1.82) is 0 Å². The molecule has 1 rings (SSSR count). The molecular weight excluding hydrogens is 235 g/mol. The van der Waals surface area contributed by atoms with Gasteiger partial charge in [0.1, 0.15) is 0 Å². The number of aliphatic carboxylic acids is 1. The Hall–Kier alpha value is -1.84. The molecule has 0 amide bonds. The summed E-state index contributed by atoms with van der Waals surface area (Å²) in [6, 6.07) is 4.45. The molecule has 0 aliphatic heterocycles. The number of hydrogen-bond acceptors (Lipinski definition) is 2. The van der Waals surface area contributed by atoms with Gasteiger partial charge in [0.25, 0.3) is 0 Å². The summed E-state index contributed by atoms with van der Waals surface area (Å²) in [6.07, 6.45) is 3.77. The topological polar surface area (TPSA) is 46.5 Å². The minimum absolute atomic E-state index is 0.0705. The van der Waals surface area contributed by atoms with Crippen LogP contribution in [0, 0.1) is 5.82 Å². The number of ether oxygens (including phenoxy) is 1. The smallest absolute Gasteiger partial charge is 0.328 e. The fraction of sp³-hybridized carbons (Fsp3) is 0.357. The van der Waals surface area contributed by atoms with E-state index >= 15 is 0 Å². The van der Waals surface area contributed by atoms with Crippen molar-refractivity contribution < 1.29 is 19.0 Å². The van der Waals surface area contributed by atoms with Crippen molar-refractivity contribution >= 4 is 12.0 Å². The van der Waals surface area contributed by atoms with Crippen LogP contribution in [0.5, 0.6) is 5.75 Å². The molecule has 0 spiro atoms. The van der Waals surface area contributed by atoms with E-state index < -0.39 is 11.8 Å². The van der Waals surface area contributed by atoms with E-state index in [-0.39, 0.29) is 11.9 Å². The molecular formula is C14H17FO3. The number of carbonyl (C=O) groups is 1. The summed E-state index contributed by atoms with van der Waals surface area (Å²) in [6.45, 7) is 3.92. The van der Waals surface area contributed by atoms with Gasteiger partial charge in [-0.15, -0.1) is 0 Å². The van der Waals surface area contributed by atoms with Crippen LogP contribution in [0.2, 0.25) is 0 Å². The molecule has 1 aromatic carbocycles. The molecule has 0 aliphatic carbocycles. The first kappa shape index (κ1) is 14.2. The highest BCUT2D eigenvalue weighted by Crippen LogP contribution is 2.26. The van der Waals surface area contributed by atoms with Crippen LogP contribution in [0.25, 0.3) is 6.08 Å². The quantitative estimate of drug-likeness (QED) is 0.788. The maximum absolute atomic E-state index is 13.7. The predicted octanol–water partition coefficient (Wildman–Crippen LogP) is 3.49. The normalized spacial score (nSPS) is 11.1. The summed E-state index contributed by atoms with van der Waals surface area (Å²) < 4.78 is 19.3. The number of rotatable bonds is 6. The van der Waals surface area contributed by atoms with Crippen LogP contribution >= 0.6 is 0 Å². The van der Waals surface area contributed by atoms with Crippen molar-refractivity contribution in [3.63, 3.8) is 0 Å². The summed E-state index contributed by atoms with van der Waals surface area (Å²) in [5.41, 5.74) is 0.435. The predicted molar refractivity (Wildman–Crippen MR) is 68.1 cm³/mol. The number of carboxylic acids is 1. The first-order valence-corrected chi connectivity index (χ1v) is 5.94. The summed E-state index contributed by atoms with van der Waals surface area (Å²) in [5, 5.41) is 8.59. The Bertz CT molecular complexity index is 437. The van der Waals surface area contributed by atoms with E-state index in [0.717, 1.165) is 18.9 Å². The van der Waals surface area contributed by atoms with Crippen LogP contribution in [-0.4, -0.2) is 17.2 Å². The first-order valence-electron chi connectivity index (χ1n) is 5.94. The third-order valence-electron chi connectivity index (χ3n) is 2.60. The SMILES string of the molecule is CCC(CC)Oc1c(F)cccc1/C=C/C(=O)O. The van der Waals surface area contributed by atoms with Crippen molar-refractivity contribution in [3.8, 4) is 5.75 Å². The minimum Gasteiger partial charge on any atom is -0.487 e. The lowest BCUT2D eigenvalue weighted by Crippen LogP contribution is -2.15. The number of para-hydroxylation sites is 1. The van der Waals surface area contributed by atoms with Crippen LogP contribution in [0.1, 0.15) is 32.3 Å². The van der Waals surface area contributed by atoms with Gasteiger partial charge in [-0.2, -0.15) is 0 Å². The minimum atomic E-state index is -1.08. The molecule has 4 heteroatoms. The molecule has 0 unspecified atom stereocenters. The Balaban J connectivity index is 3.04. The van der Waals surface area contributed by atoms with Crippen molar-refractivity contribution in [2.45, 2.75) is 32.8 Å². The van der Waals surface area contributed by atoms with Gasteiger partial charge < -0.3 is 9.84 Å². The monoisotopic (exact) mass is 252 g/mol. The number of benzene rings is 1. The molecule has 3 nitrogen and oxygen atoms in total. The standard InChI is InChI=1S/C14H17FO3/c1-3-11(4-2)18-14-10(8-9-13(16)17)6-5-7-12(14)15/h5-9,11H,3-4H2,1-2H3,(H,16,17)/b9-8+.